The highest BCUT2D eigenvalue weighted by molar-refractivity contribution is 5.97. The summed E-state index contributed by atoms with van der Waals surface area (Å²) < 4.78 is 29.1. The highest BCUT2D eigenvalue weighted by atomic mass is 19.1. The van der Waals surface area contributed by atoms with Gasteiger partial charge in [-0.2, -0.15) is 0 Å². The third kappa shape index (κ3) is 6.16. The van der Waals surface area contributed by atoms with Gasteiger partial charge in [0.05, 0.1) is 29.8 Å². The summed E-state index contributed by atoms with van der Waals surface area (Å²) in [6.45, 7) is 3.90. The first-order chi connectivity index (χ1) is 14.3. The summed E-state index contributed by atoms with van der Waals surface area (Å²) in [7, 11) is 0. The number of carbonyl (C=O) groups is 2. The Bertz CT molecular complexity index is 933. The molecule has 10 heteroatoms. The summed E-state index contributed by atoms with van der Waals surface area (Å²) in [6, 6.07) is 7.18. The highest BCUT2D eigenvalue weighted by Crippen LogP contribution is 2.29. The second-order valence-corrected chi connectivity index (χ2v) is 5.99. The van der Waals surface area contributed by atoms with E-state index in [-0.39, 0.29) is 11.3 Å². The van der Waals surface area contributed by atoms with E-state index in [2.05, 4.69) is 5.32 Å². The first kappa shape index (κ1) is 22.6. The number of nitrogens with zero attached hydrogens (tertiary/aromatic N) is 1. The zero-order valence-corrected chi connectivity index (χ0v) is 16.5. The molecule has 0 bridgehead atoms. The molecule has 0 unspecified atom stereocenters. The van der Waals surface area contributed by atoms with Gasteiger partial charge in [0.2, 0.25) is 0 Å². The third-order valence-electron chi connectivity index (χ3n) is 3.71. The van der Waals surface area contributed by atoms with Crippen LogP contribution >= 0.6 is 0 Å². The lowest BCUT2D eigenvalue weighted by Crippen LogP contribution is -2.21. The van der Waals surface area contributed by atoms with Crippen LogP contribution in [0.4, 0.5) is 15.8 Å². The fourth-order valence-electron chi connectivity index (χ4n) is 2.40. The van der Waals surface area contributed by atoms with Crippen LogP contribution < -0.4 is 14.8 Å². The number of esters is 1. The Hall–Kier alpha value is -3.69. The van der Waals surface area contributed by atoms with Crippen molar-refractivity contribution in [3.05, 3.63) is 57.9 Å². The smallest absolute Gasteiger partial charge is 0.338 e. The van der Waals surface area contributed by atoms with Crippen molar-refractivity contribution in [1.29, 1.82) is 0 Å². The number of ether oxygens (including phenoxy) is 3. The van der Waals surface area contributed by atoms with Gasteiger partial charge >= 0.3 is 5.97 Å². The fourth-order valence-corrected chi connectivity index (χ4v) is 2.40. The first-order valence-electron chi connectivity index (χ1n) is 9.16. The lowest BCUT2D eigenvalue weighted by Gasteiger charge is -2.13. The molecule has 0 spiro atoms. The third-order valence-corrected chi connectivity index (χ3v) is 3.71. The van der Waals surface area contributed by atoms with Gasteiger partial charge in [-0.25, -0.2) is 9.18 Å². The Morgan fingerprint density at radius 2 is 1.87 bits per heavy atom. The van der Waals surface area contributed by atoms with Crippen LogP contribution in [0.1, 0.15) is 30.6 Å². The van der Waals surface area contributed by atoms with Crippen molar-refractivity contribution >= 4 is 23.3 Å². The molecular weight excluding hydrogens is 399 g/mol. The van der Waals surface area contributed by atoms with Crippen molar-refractivity contribution in [2.75, 3.05) is 25.1 Å². The second kappa shape index (κ2) is 10.7. The van der Waals surface area contributed by atoms with Crippen LogP contribution in [0.25, 0.3) is 0 Å². The molecule has 0 aliphatic rings. The van der Waals surface area contributed by atoms with Crippen molar-refractivity contribution in [2.24, 2.45) is 0 Å². The zero-order valence-electron chi connectivity index (χ0n) is 16.5. The van der Waals surface area contributed by atoms with E-state index in [0.29, 0.717) is 30.8 Å². The number of halogens is 1. The van der Waals surface area contributed by atoms with Crippen molar-refractivity contribution in [1.82, 2.24) is 0 Å². The van der Waals surface area contributed by atoms with E-state index < -0.39 is 34.9 Å². The maximum atomic E-state index is 13.2. The van der Waals surface area contributed by atoms with Crippen LogP contribution in [0.15, 0.2) is 36.4 Å². The minimum atomic E-state index is -0.831. The van der Waals surface area contributed by atoms with Gasteiger partial charge in [-0.15, -0.1) is 0 Å². The van der Waals surface area contributed by atoms with Gasteiger partial charge in [-0.3, -0.25) is 14.9 Å². The molecule has 160 valence electrons. The number of rotatable bonds is 10. The number of nitrogens with one attached hydrogen (secondary N) is 1. The average molecular weight is 420 g/mol. The average Bonchev–Trinajstić information content (AvgIpc) is 2.72. The molecule has 0 saturated carbocycles. The van der Waals surface area contributed by atoms with Crippen LogP contribution in [-0.2, 0) is 9.53 Å². The fraction of sp³-hybridized carbons (Fsp3) is 0.300. The van der Waals surface area contributed by atoms with Gasteiger partial charge in [-0.1, -0.05) is 6.92 Å². The number of amides is 1. The quantitative estimate of drug-likeness (QED) is 0.354. The normalized spacial score (nSPS) is 10.2. The second-order valence-electron chi connectivity index (χ2n) is 5.99. The van der Waals surface area contributed by atoms with Crippen LogP contribution in [0.3, 0.4) is 0 Å². The van der Waals surface area contributed by atoms with E-state index in [1.165, 1.54) is 12.1 Å². The van der Waals surface area contributed by atoms with E-state index in [1.54, 1.807) is 13.0 Å². The Labute approximate surface area is 171 Å². The van der Waals surface area contributed by atoms with Gasteiger partial charge < -0.3 is 19.5 Å². The van der Waals surface area contributed by atoms with Crippen molar-refractivity contribution in [3.8, 4) is 11.5 Å². The van der Waals surface area contributed by atoms with Gasteiger partial charge in [0.15, 0.2) is 18.1 Å². The highest BCUT2D eigenvalue weighted by Gasteiger charge is 2.19. The van der Waals surface area contributed by atoms with Crippen molar-refractivity contribution in [3.63, 3.8) is 0 Å². The predicted molar refractivity (Wildman–Crippen MR) is 105 cm³/mol. The van der Waals surface area contributed by atoms with E-state index in [0.717, 1.165) is 18.6 Å². The van der Waals surface area contributed by atoms with E-state index >= 15 is 0 Å². The number of hydrogen-bond acceptors (Lipinski definition) is 7. The van der Waals surface area contributed by atoms with Gasteiger partial charge in [0, 0.05) is 0 Å². The number of carbonyl (C=O) groups excluding carboxylic acids is 2. The molecule has 0 aliphatic carbocycles. The van der Waals surface area contributed by atoms with Crippen LogP contribution in [0, 0.1) is 15.9 Å². The SMILES string of the molecule is CCCOc1ccc(C(=O)OCC(=O)Nc2ccc(F)cc2[N+](=O)[O-])cc1OCC. The molecule has 0 fully saturated rings. The molecule has 2 aromatic carbocycles. The maximum absolute atomic E-state index is 13.2. The maximum Gasteiger partial charge on any atom is 0.338 e. The van der Waals surface area contributed by atoms with E-state index in [4.69, 9.17) is 14.2 Å². The molecule has 1 amide bonds. The minimum Gasteiger partial charge on any atom is -0.490 e. The Morgan fingerprint density at radius 3 is 2.53 bits per heavy atom. The number of nitro groups is 1. The molecule has 0 radical (unpaired) electrons. The number of benzene rings is 2. The Balaban J connectivity index is 2.02. The molecular formula is C20H21FN2O7. The molecule has 30 heavy (non-hydrogen) atoms. The summed E-state index contributed by atoms with van der Waals surface area (Å²) in [5.41, 5.74) is -0.680. The molecule has 1 N–H and O–H groups in total. The lowest BCUT2D eigenvalue weighted by atomic mass is 10.2. The summed E-state index contributed by atoms with van der Waals surface area (Å²) >= 11 is 0. The summed E-state index contributed by atoms with van der Waals surface area (Å²) in [5.74, 6) is -1.57. The molecule has 2 aromatic rings. The monoisotopic (exact) mass is 420 g/mol. The molecule has 0 atom stereocenters. The molecule has 9 nitrogen and oxygen atoms in total. The van der Waals surface area contributed by atoms with Crippen molar-refractivity contribution < 1.29 is 33.1 Å². The topological polar surface area (TPSA) is 117 Å². The van der Waals surface area contributed by atoms with Crippen molar-refractivity contribution in [2.45, 2.75) is 20.3 Å². The molecule has 0 aliphatic heterocycles. The number of anilines is 1. The molecule has 0 saturated heterocycles. The largest absolute Gasteiger partial charge is 0.490 e. The first-order valence-corrected chi connectivity index (χ1v) is 9.16. The minimum absolute atomic E-state index is 0.142. The van der Waals surface area contributed by atoms with Crippen LogP contribution in [0.5, 0.6) is 11.5 Å². The Kier molecular flexibility index (Phi) is 8.09. The van der Waals surface area contributed by atoms with Crippen LogP contribution in [0.2, 0.25) is 0 Å². The van der Waals surface area contributed by atoms with Gasteiger partial charge in [0.1, 0.15) is 11.5 Å². The van der Waals surface area contributed by atoms with Crippen LogP contribution in [-0.4, -0.2) is 36.6 Å². The standard InChI is InChI=1S/C20H21FN2O7/c1-3-9-29-17-8-5-13(10-18(17)28-4-2)20(25)30-12-19(24)22-15-7-6-14(21)11-16(15)23(26)27/h5-8,10-11H,3-4,9,12H2,1-2H3,(H,22,24). The number of hydrogen-bond donors (Lipinski definition) is 1. The molecule has 0 heterocycles. The Morgan fingerprint density at radius 1 is 1.10 bits per heavy atom. The van der Waals surface area contributed by atoms with E-state index in [9.17, 15) is 24.1 Å². The summed E-state index contributed by atoms with van der Waals surface area (Å²) in [5, 5.41) is 13.2. The summed E-state index contributed by atoms with van der Waals surface area (Å²) in [6.07, 6.45) is 0.802. The predicted octanol–water partition coefficient (Wildman–Crippen LogP) is 3.72. The van der Waals surface area contributed by atoms with E-state index in [1.807, 2.05) is 6.92 Å². The number of nitro benzene ring substituents is 1. The summed E-state index contributed by atoms with van der Waals surface area (Å²) in [4.78, 5) is 34.4. The molecule has 2 rings (SSSR count). The van der Waals surface area contributed by atoms with Gasteiger partial charge in [0.25, 0.3) is 11.6 Å². The lowest BCUT2D eigenvalue weighted by molar-refractivity contribution is -0.384. The van der Waals surface area contributed by atoms with Gasteiger partial charge in [-0.05, 0) is 43.7 Å². The molecule has 0 aromatic heterocycles. The zero-order chi connectivity index (χ0) is 22.1.